The fourth-order valence-electron chi connectivity index (χ4n) is 1.96. The molecule has 0 radical (unpaired) electrons. The first-order chi connectivity index (χ1) is 10.2. The zero-order valence-corrected chi connectivity index (χ0v) is 11.1. The number of amides is 1. The van der Waals surface area contributed by atoms with Crippen molar-refractivity contribution in [2.75, 3.05) is 5.32 Å². The maximum atomic E-state index is 12.1. The monoisotopic (exact) mass is 279 g/mol. The van der Waals surface area contributed by atoms with Gasteiger partial charge in [0.25, 0.3) is 5.91 Å². The number of carbonyl (C=O) groups is 1. The molecule has 1 amide bonds. The van der Waals surface area contributed by atoms with E-state index in [1.165, 1.54) is 12.1 Å². The molecule has 0 aliphatic carbocycles. The zero-order chi connectivity index (χ0) is 14.7. The molecule has 104 valence electrons. The minimum absolute atomic E-state index is 0.0580. The molecule has 5 nitrogen and oxygen atoms in total. The molecule has 0 bridgehead atoms. The lowest BCUT2D eigenvalue weighted by Gasteiger charge is -2.03. The first-order valence-electron chi connectivity index (χ1n) is 6.43. The van der Waals surface area contributed by atoms with Gasteiger partial charge in [0.2, 0.25) is 0 Å². The van der Waals surface area contributed by atoms with Crippen LogP contribution in [-0.2, 0) is 0 Å². The molecule has 2 N–H and O–H groups in total. The molecule has 21 heavy (non-hydrogen) atoms. The van der Waals surface area contributed by atoms with Gasteiger partial charge in [-0.05, 0) is 30.3 Å². The van der Waals surface area contributed by atoms with E-state index in [4.69, 9.17) is 0 Å². The number of nitrogens with zero attached hydrogens (tertiary/aromatic N) is 2. The average Bonchev–Trinajstić information content (AvgIpc) is 2.97. The Labute approximate surface area is 121 Å². The van der Waals surface area contributed by atoms with Crippen molar-refractivity contribution < 1.29 is 9.90 Å². The molecule has 0 atom stereocenters. The Morgan fingerprint density at radius 3 is 2.67 bits per heavy atom. The van der Waals surface area contributed by atoms with Crippen molar-refractivity contribution in [3.63, 3.8) is 0 Å². The van der Waals surface area contributed by atoms with Gasteiger partial charge in [-0.2, -0.15) is 5.10 Å². The highest BCUT2D eigenvalue weighted by molar-refractivity contribution is 6.04. The average molecular weight is 279 g/mol. The number of benzene rings is 2. The lowest BCUT2D eigenvalue weighted by Crippen LogP contribution is -2.11. The van der Waals surface area contributed by atoms with Crippen LogP contribution in [0.5, 0.6) is 5.75 Å². The van der Waals surface area contributed by atoms with Gasteiger partial charge in [0.1, 0.15) is 5.75 Å². The summed E-state index contributed by atoms with van der Waals surface area (Å²) >= 11 is 0. The predicted molar refractivity (Wildman–Crippen MR) is 79.6 cm³/mol. The minimum Gasteiger partial charge on any atom is -0.508 e. The van der Waals surface area contributed by atoms with Crippen LogP contribution in [0.15, 0.2) is 67.0 Å². The fourth-order valence-corrected chi connectivity index (χ4v) is 1.96. The summed E-state index contributed by atoms with van der Waals surface area (Å²) in [6, 6.07) is 15.8. The van der Waals surface area contributed by atoms with E-state index in [1.54, 1.807) is 29.2 Å². The number of phenolic OH excluding ortho intramolecular Hbond substituents is 1. The summed E-state index contributed by atoms with van der Waals surface area (Å²) in [7, 11) is 0. The molecular formula is C16H13N3O2. The first-order valence-corrected chi connectivity index (χ1v) is 6.43. The van der Waals surface area contributed by atoms with Crippen LogP contribution in [0, 0.1) is 0 Å². The van der Waals surface area contributed by atoms with Gasteiger partial charge in [-0.25, -0.2) is 4.68 Å². The van der Waals surface area contributed by atoms with Crippen molar-refractivity contribution >= 4 is 11.6 Å². The molecule has 5 heteroatoms. The van der Waals surface area contributed by atoms with E-state index in [0.29, 0.717) is 11.3 Å². The Kier molecular flexibility index (Phi) is 3.39. The topological polar surface area (TPSA) is 67.2 Å². The summed E-state index contributed by atoms with van der Waals surface area (Å²) in [4.78, 5) is 12.1. The number of anilines is 1. The van der Waals surface area contributed by atoms with Gasteiger partial charge in [-0.1, -0.05) is 24.3 Å². The van der Waals surface area contributed by atoms with Gasteiger partial charge < -0.3 is 10.4 Å². The Hall–Kier alpha value is -3.08. The van der Waals surface area contributed by atoms with Crippen LogP contribution in [0.3, 0.4) is 0 Å². The minimum atomic E-state index is -0.293. The fraction of sp³-hybridized carbons (Fsp3) is 0. The lowest BCUT2D eigenvalue weighted by molar-refractivity contribution is 0.102. The van der Waals surface area contributed by atoms with Crippen LogP contribution in [0.2, 0.25) is 0 Å². The molecule has 3 aromatic rings. The van der Waals surface area contributed by atoms with Crippen molar-refractivity contribution in [1.29, 1.82) is 0 Å². The second-order valence-corrected chi connectivity index (χ2v) is 4.51. The molecule has 0 aliphatic heterocycles. The maximum Gasteiger partial charge on any atom is 0.255 e. The molecular weight excluding hydrogens is 266 g/mol. The van der Waals surface area contributed by atoms with E-state index < -0.39 is 0 Å². The van der Waals surface area contributed by atoms with Gasteiger partial charge >= 0.3 is 0 Å². The second-order valence-electron chi connectivity index (χ2n) is 4.51. The standard InChI is InChI=1S/C16H13N3O2/c20-15-8-4-5-12(9-15)16(21)18-13-10-17-19(11-13)14-6-2-1-3-7-14/h1-11,20H,(H,18,21). The number of carbonyl (C=O) groups excluding carboxylic acids is 1. The summed E-state index contributed by atoms with van der Waals surface area (Å²) in [6.45, 7) is 0. The van der Waals surface area contributed by atoms with Crippen molar-refractivity contribution in [2.24, 2.45) is 0 Å². The van der Waals surface area contributed by atoms with Gasteiger partial charge in [-0.3, -0.25) is 4.79 Å². The Morgan fingerprint density at radius 2 is 1.90 bits per heavy atom. The van der Waals surface area contributed by atoms with Crippen molar-refractivity contribution in [2.45, 2.75) is 0 Å². The zero-order valence-electron chi connectivity index (χ0n) is 11.1. The number of aromatic hydroxyl groups is 1. The summed E-state index contributed by atoms with van der Waals surface area (Å²) in [6.07, 6.45) is 3.31. The van der Waals surface area contributed by atoms with Gasteiger partial charge in [0.05, 0.1) is 23.8 Å². The molecule has 1 heterocycles. The Morgan fingerprint density at radius 1 is 1.10 bits per heavy atom. The summed E-state index contributed by atoms with van der Waals surface area (Å²) < 4.78 is 1.68. The quantitative estimate of drug-likeness (QED) is 0.774. The Bertz CT molecular complexity index is 766. The summed E-state index contributed by atoms with van der Waals surface area (Å²) in [5.41, 5.74) is 1.89. The third kappa shape index (κ3) is 2.92. The third-order valence-electron chi connectivity index (χ3n) is 2.97. The summed E-state index contributed by atoms with van der Waals surface area (Å²) in [5, 5.41) is 16.3. The van der Waals surface area contributed by atoms with Crippen molar-refractivity contribution in [3.8, 4) is 11.4 Å². The number of hydrogen-bond acceptors (Lipinski definition) is 3. The second kappa shape index (κ2) is 5.50. The van der Waals surface area contributed by atoms with E-state index in [0.717, 1.165) is 5.69 Å². The molecule has 2 aromatic carbocycles. The van der Waals surface area contributed by atoms with E-state index in [9.17, 15) is 9.90 Å². The van der Waals surface area contributed by atoms with E-state index in [2.05, 4.69) is 10.4 Å². The Balaban J connectivity index is 1.77. The van der Waals surface area contributed by atoms with Gasteiger partial charge in [0.15, 0.2) is 0 Å². The predicted octanol–water partition coefficient (Wildman–Crippen LogP) is 2.83. The number of aromatic nitrogens is 2. The van der Waals surface area contributed by atoms with Crippen LogP contribution in [0.1, 0.15) is 10.4 Å². The van der Waals surface area contributed by atoms with Crippen LogP contribution < -0.4 is 5.32 Å². The first kappa shape index (κ1) is 12.9. The molecule has 0 fully saturated rings. The van der Waals surface area contributed by atoms with Crippen LogP contribution in [0.4, 0.5) is 5.69 Å². The largest absolute Gasteiger partial charge is 0.508 e. The van der Waals surface area contributed by atoms with E-state index in [-0.39, 0.29) is 11.7 Å². The van der Waals surface area contributed by atoms with E-state index >= 15 is 0 Å². The molecule has 0 aliphatic rings. The number of nitrogens with one attached hydrogen (secondary N) is 1. The number of para-hydroxylation sites is 1. The molecule has 0 spiro atoms. The van der Waals surface area contributed by atoms with Crippen LogP contribution in [0.25, 0.3) is 5.69 Å². The van der Waals surface area contributed by atoms with E-state index in [1.807, 2.05) is 30.3 Å². The van der Waals surface area contributed by atoms with Crippen molar-refractivity contribution in [3.05, 3.63) is 72.6 Å². The molecule has 0 unspecified atom stereocenters. The lowest BCUT2D eigenvalue weighted by atomic mass is 10.2. The highest BCUT2D eigenvalue weighted by Gasteiger charge is 2.08. The third-order valence-corrected chi connectivity index (χ3v) is 2.97. The van der Waals surface area contributed by atoms with Gasteiger partial charge in [-0.15, -0.1) is 0 Å². The SMILES string of the molecule is O=C(Nc1cnn(-c2ccccc2)c1)c1cccc(O)c1. The highest BCUT2D eigenvalue weighted by Crippen LogP contribution is 2.15. The molecule has 0 saturated heterocycles. The highest BCUT2D eigenvalue weighted by atomic mass is 16.3. The molecule has 0 saturated carbocycles. The van der Waals surface area contributed by atoms with Crippen LogP contribution in [-0.4, -0.2) is 20.8 Å². The summed E-state index contributed by atoms with van der Waals surface area (Å²) in [5.74, 6) is -0.235. The maximum absolute atomic E-state index is 12.1. The van der Waals surface area contributed by atoms with Crippen molar-refractivity contribution in [1.82, 2.24) is 9.78 Å². The molecule has 1 aromatic heterocycles. The number of hydrogen-bond donors (Lipinski definition) is 2. The molecule has 3 rings (SSSR count). The van der Waals surface area contributed by atoms with Gasteiger partial charge in [0, 0.05) is 5.56 Å². The normalized spacial score (nSPS) is 10.3. The van der Waals surface area contributed by atoms with Crippen LogP contribution >= 0.6 is 0 Å². The smallest absolute Gasteiger partial charge is 0.255 e. The number of phenols is 1. The number of rotatable bonds is 3.